The summed E-state index contributed by atoms with van der Waals surface area (Å²) < 4.78 is 10.1. The molecular weight excluding hydrogens is 330 g/mol. The van der Waals surface area contributed by atoms with Crippen molar-refractivity contribution in [3.8, 4) is 0 Å². The van der Waals surface area contributed by atoms with E-state index in [1.54, 1.807) is 6.92 Å². The van der Waals surface area contributed by atoms with Gasteiger partial charge in [0.15, 0.2) is 0 Å². The van der Waals surface area contributed by atoms with Crippen LogP contribution < -0.4 is 5.32 Å². The Morgan fingerprint density at radius 3 is 2.04 bits per heavy atom. The van der Waals surface area contributed by atoms with Gasteiger partial charge in [0.05, 0.1) is 19.1 Å². The molecule has 1 aliphatic rings. The second-order valence-electron chi connectivity index (χ2n) is 6.52. The second-order valence-corrected chi connectivity index (χ2v) is 6.52. The van der Waals surface area contributed by atoms with Crippen molar-refractivity contribution in [1.82, 2.24) is 5.32 Å². The van der Waals surface area contributed by atoms with Crippen LogP contribution in [0.25, 0.3) is 0 Å². The van der Waals surface area contributed by atoms with Gasteiger partial charge in [0.1, 0.15) is 5.60 Å². The van der Waals surface area contributed by atoms with Gasteiger partial charge in [0.2, 0.25) is 0 Å². The Kier molecular flexibility index (Phi) is 16.1. The molecule has 1 aliphatic heterocycles. The number of hydrogen-bond donors (Lipinski definition) is 2. The summed E-state index contributed by atoms with van der Waals surface area (Å²) in [5.74, 6) is -1.33. The van der Waals surface area contributed by atoms with Gasteiger partial charge in [-0.15, -0.1) is 0 Å². The first-order valence-electron chi connectivity index (χ1n) is 8.36. The molecule has 8 nitrogen and oxygen atoms in total. The summed E-state index contributed by atoms with van der Waals surface area (Å²) >= 11 is 0. The number of carbonyl (C=O) groups is 2. The number of unbranched alkanes of at least 4 members (excludes halogenated alkanes) is 1. The zero-order valence-corrected chi connectivity index (χ0v) is 15.6. The Labute approximate surface area is 149 Å². The van der Waals surface area contributed by atoms with Crippen LogP contribution in [-0.4, -0.2) is 55.1 Å². The molecule has 0 bridgehead atoms. The van der Waals surface area contributed by atoms with Crippen LogP contribution in [0, 0.1) is 5.92 Å². The maximum absolute atomic E-state index is 11.3. The third kappa shape index (κ3) is 22.2. The fraction of sp³-hybridized carbons (Fsp3) is 0.824. The lowest BCUT2D eigenvalue weighted by Gasteiger charge is -2.19. The number of nitrogens with one attached hydrogen (secondary N) is 1. The summed E-state index contributed by atoms with van der Waals surface area (Å²) in [5.41, 5.74) is -0.439. The van der Waals surface area contributed by atoms with E-state index in [-0.39, 0.29) is 18.0 Å². The highest BCUT2D eigenvalue weighted by atomic mass is 16.6. The standard InChI is InChI=1S/C12H22O4.C4H9NO.CO2/c1-9(11(14)15)7-5-6-8-10(13)16-12(2,3)4;1-3-6-4-2-5-1;2-1-3/h9H,5-8H2,1-4H3,(H,14,15);5H,1-4H2;. The van der Waals surface area contributed by atoms with Crippen LogP contribution in [0.2, 0.25) is 0 Å². The number of morpholine rings is 1. The fourth-order valence-electron chi connectivity index (χ4n) is 1.75. The average molecular weight is 361 g/mol. The van der Waals surface area contributed by atoms with Gasteiger partial charge in [0, 0.05) is 19.5 Å². The molecule has 1 saturated heterocycles. The molecule has 0 aromatic rings. The van der Waals surface area contributed by atoms with Crippen LogP contribution >= 0.6 is 0 Å². The van der Waals surface area contributed by atoms with Crippen LogP contribution in [0.3, 0.4) is 0 Å². The van der Waals surface area contributed by atoms with Gasteiger partial charge >= 0.3 is 18.1 Å². The number of carbonyl (C=O) groups excluding carboxylic acids is 3. The van der Waals surface area contributed by atoms with Crippen molar-refractivity contribution in [2.45, 2.75) is 59.0 Å². The van der Waals surface area contributed by atoms with Crippen LogP contribution in [0.1, 0.15) is 53.4 Å². The molecule has 25 heavy (non-hydrogen) atoms. The minimum Gasteiger partial charge on any atom is -0.481 e. The van der Waals surface area contributed by atoms with Crippen LogP contribution in [0.5, 0.6) is 0 Å². The molecule has 0 aromatic heterocycles. The molecule has 8 heteroatoms. The summed E-state index contributed by atoms with van der Waals surface area (Å²) in [5, 5.41) is 11.8. The van der Waals surface area contributed by atoms with Crippen LogP contribution in [0.4, 0.5) is 0 Å². The molecule has 1 heterocycles. The second kappa shape index (κ2) is 15.7. The summed E-state index contributed by atoms with van der Waals surface area (Å²) in [6, 6.07) is 0. The van der Waals surface area contributed by atoms with Gasteiger partial charge in [-0.25, -0.2) is 0 Å². The van der Waals surface area contributed by atoms with Gasteiger partial charge in [-0.3, -0.25) is 9.59 Å². The highest BCUT2D eigenvalue weighted by Gasteiger charge is 2.16. The topological polar surface area (TPSA) is 119 Å². The molecule has 0 aliphatic carbocycles. The van der Waals surface area contributed by atoms with E-state index in [9.17, 15) is 9.59 Å². The minimum absolute atomic E-state index is 0.213. The predicted octanol–water partition coefficient (Wildman–Crippen LogP) is 1.63. The first kappa shape index (κ1) is 25.5. The number of aliphatic carboxylic acids is 1. The monoisotopic (exact) mass is 361 g/mol. The van der Waals surface area contributed by atoms with Crippen molar-refractivity contribution in [2.24, 2.45) is 5.92 Å². The number of hydrogen-bond acceptors (Lipinski definition) is 7. The summed E-state index contributed by atoms with van der Waals surface area (Å²) in [6.45, 7) is 11.0. The van der Waals surface area contributed by atoms with E-state index in [0.717, 1.165) is 32.7 Å². The Morgan fingerprint density at radius 2 is 1.72 bits per heavy atom. The third-order valence-corrected chi connectivity index (χ3v) is 2.96. The van der Waals surface area contributed by atoms with Crippen LogP contribution in [0.15, 0.2) is 0 Å². The zero-order valence-electron chi connectivity index (χ0n) is 15.6. The molecule has 2 N–H and O–H groups in total. The largest absolute Gasteiger partial charge is 0.481 e. The number of carboxylic acid groups (broad SMARTS) is 1. The van der Waals surface area contributed by atoms with E-state index in [0.29, 0.717) is 19.3 Å². The van der Waals surface area contributed by atoms with E-state index in [4.69, 9.17) is 24.2 Å². The van der Waals surface area contributed by atoms with Crippen molar-refractivity contribution in [3.63, 3.8) is 0 Å². The Balaban J connectivity index is 0. The number of esters is 1. The molecule has 1 fully saturated rings. The smallest absolute Gasteiger partial charge is 0.373 e. The highest BCUT2D eigenvalue weighted by molar-refractivity contribution is 5.70. The maximum Gasteiger partial charge on any atom is 0.373 e. The molecule has 0 aromatic carbocycles. The van der Waals surface area contributed by atoms with E-state index in [1.165, 1.54) is 0 Å². The normalized spacial score (nSPS) is 14.6. The quantitative estimate of drug-likeness (QED) is 0.541. The van der Waals surface area contributed by atoms with Crippen molar-refractivity contribution < 1.29 is 33.8 Å². The first-order valence-corrected chi connectivity index (χ1v) is 8.36. The SMILES string of the molecule is C1COCCN1.CC(CCCCC(=O)OC(C)(C)C)C(=O)O.O=C=O. The van der Waals surface area contributed by atoms with E-state index >= 15 is 0 Å². The predicted molar refractivity (Wildman–Crippen MR) is 89.8 cm³/mol. The summed E-state index contributed by atoms with van der Waals surface area (Å²) in [4.78, 5) is 38.1. The Bertz CT molecular complexity index is 383. The highest BCUT2D eigenvalue weighted by Crippen LogP contribution is 2.13. The van der Waals surface area contributed by atoms with Gasteiger partial charge < -0.3 is 19.9 Å². The molecule has 0 spiro atoms. The van der Waals surface area contributed by atoms with Gasteiger partial charge in [-0.2, -0.15) is 9.59 Å². The molecular formula is C17H31NO7. The minimum atomic E-state index is -0.780. The Morgan fingerprint density at radius 1 is 1.20 bits per heavy atom. The molecule has 1 atom stereocenters. The first-order chi connectivity index (χ1) is 11.6. The van der Waals surface area contributed by atoms with Crippen molar-refractivity contribution in [1.29, 1.82) is 0 Å². The Hall–Kier alpha value is -1.76. The summed E-state index contributed by atoms with van der Waals surface area (Å²) in [6.07, 6.45) is 2.65. The lowest BCUT2D eigenvalue weighted by molar-refractivity contribution is -0.191. The van der Waals surface area contributed by atoms with Crippen LogP contribution in [-0.2, 0) is 28.7 Å². The molecule has 1 rings (SSSR count). The molecule has 0 radical (unpaired) electrons. The third-order valence-electron chi connectivity index (χ3n) is 2.96. The molecule has 0 amide bonds. The fourth-order valence-corrected chi connectivity index (χ4v) is 1.75. The number of ether oxygens (including phenoxy) is 2. The van der Waals surface area contributed by atoms with Crippen molar-refractivity contribution >= 4 is 18.1 Å². The van der Waals surface area contributed by atoms with Gasteiger partial charge in [-0.1, -0.05) is 13.3 Å². The van der Waals surface area contributed by atoms with E-state index in [2.05, 4.69) is 5.32 Å². The molecule has 146 valence electrons. The number of carboxylic acids is 1. The van der Waals surface area contributed by atoms with Crippen molar-refractivity contribution in [2.75, 3.05) is 26.3 Å². The van der Waals surface area contributed by atoms with E-state index in [1.807, 2.05) is 20.8 Å². The molecule has 0 saturated carbocycles. The van der Waals surface area contributed by atoms with Gasteiger partial charge in [-0.05, 0) is 33.6 Å². The zero-order chi connectivity index (χ0) is 19.7. The van der Waals surface area contributed by atoms with E-state index < -0.39 is 11.6 Å². The number of rotatable bonds is 6. The lowest BCUT2D eigenvalue weighted by Crippen LogP contribution is -2.30. The lowest BCUT2D eigenvalue weighted by atomic mass is 10.0. The average Bonchev–Trinajstić information content (AvgIpc) is 2.52. The summed E-state index contributed by atoms with van der Waals surface area (Å²) in [7, 11) is 0. The maximum atomic E-state index is 11.3. The van der Waals surface area contributed by atoms with Crippen molar-refractivity contribution in [3.05, 3.63) is 0 Å². The molecule has 1 unspecified atom stereocenters. The van der Waals surface area contributed by atoms with Gasteiger partial charge in [0.25, 0.3) is 0 Å².